The van der Waals surface area contributed by atoms with Crippen molar-refractivity contribution in [3.05, 3.63) is 66.0 Å². The summed E-state index contributed by atoms with van der Waals surface area (Å²) in [5.41, 5.74) is 1.32. The second kappa shape index (κ2) is 9.43. The number of nitrogens with zero attached hydrogens (tertiary/aromatic N) is 2. The van der Waals surface area contributed by atoms with Crippen LogP contribution in [0.25, 0.3) is 0 Å². The zero-order valence-corrected chi connectivity index (χ0v) is 15.8. The van der Waals surface area contributed by atoms with E-state index in [0.717, 1.165) is 5.56 Å². The highest BCUT2D eigenvalue weighted by molar-refractivity contribution is 5.96. The van der Waals surface area contributed by atoms with Crippen molar-refractivity contribution < 1.29 is 18.7 Å². The quantitative estimate of drug-likeness (QED) is 0.795. The van der Waals surface area contributed by atoms with Gasteiger partial charge in [0, 0.05) is 32.4 Å². The van der Waals surface area contributed by atoms with E-state index in [4.69, 9.17) is 4.74 Å². The molecule has 1 aliphatic rings. The smallest absolute Gasteiger partial charge is 0.246 e. The van der Waals surface area contributed by atoms with Crippen molar-refractivity contribution in [2.75, 3.05) is 45.2 Å². The van der Waals surface area contributed by atoms with Crippen LogP contribution in [0.15, 0.2) is 54.6 Å². The lowest BCUT2D eigenvalue weighted by Crippen LogP contribution is -2.53. The van der Waals surface area contributed by atoms with Crippen molar-refractivity contribution in [2.45, 2.75) is 6.04 Å². The minimum Gasteiger partial charge on any atom is -0.383 e. The van der Waals surface area contributed by atoms with E-state index in [1.807, 2.05) is 35.2 Å². The van der Waals surface area contributed by atoms with Crippen LogP contribution in [0.5, 0.6) is 0 Å². The maximum Gasteiger partial charge on any atom is 0.246 e. The minimum absolute atomic E-state index is 0.0289. The van der Waals surface area contributed by atoms with Crippen LogP contribution < -0.4 is 5.32 Å². The number of halogens is 1. The first kappa shape index (κ1) is 20.0. The normalized spacial score (nSPS) is 16.1. The standard InChI is InChI=1S/C21H24FN3O3/c1-28-14-13-24-11-12-25(15-19(24)26)20(16-5-3-2-4-6-16)21(27)23-18-9-7-17(22)8-10-18/h2-10,20H,11-15H2,1H3,(H,23,27)/t20-/m1/s1. The topological polar surface area (TPSA) is 61.9 Å². The molecule has 0 aromatic heterocycles. The third kappa shape index (κ3) is 4.94. The van der Waals surface area contributed by atoms with Crippen molar-refractivity contribution in [1.29, 1.82) is 0 Å². The molecule has 3 rings (SSSR count). The highest BCUT2D eigenvalue weighted by Gasteiger charge is 2.33. The van der Waals surface area contributed by atoms with E-state index in [2.05, 4.69) is 5.32 Å². The van der Waals surface area contributed by atoms with E-state index >= 15 is 0 Å². The molecule has 2 amide bonds. The molecule has 0 unspecified atom stereocenters. The van der Waals surface area contributed by atoms with Gasteiger partial charge >= 0.3 is 0 Å². The fourth-order valence-electron chi connectivity index (χ4n) is 3.29. The second-order valence-corrected chi connectivity index (χ2v) is 6.65. The average Bonchev–Trinajstić information content (AvgIpc) is 2.70. The average molecular weight is 385 g/mol. The van der Waals surface area contributed by atoms with Crippen molar-refractivity contribution in [3.8, 4) is 0 Å². The summed E-state index contributed by atoms with van der Waals surface area (Å²) in [5, 5.41) is 2.83. The number of nitrogens with one attached hydrogen (secondary N) is 1. The summed E-state index contributed by atoms with van der Waals surface area (Å²) in [4.78, 5) is 29.2. The van der Waals surface area contributed by atoms with E-state index < -0.39 is 6.04 Å². The number of amides is 2. The first-order valence-corrected chi connectivity index (χ1v) is 9.20. The van der Waals surface area contributed by atoms with Gasteiger partial charge in [-0.05, 0) is 29.8 Å². The molecule has 1 heterocycles. The maximum absolute atomic E-state index is 13.1. The summed E-state index contributed by atoms with van der Waals surface area (Å²) in [6, 6.07) is 14.4. The number of hydrogen-bond donors (Lipinski definition) is 1. The molecule has 7 heteroatoms. The fraction of sp³-hybridized carbons (Fsp3) is 0.333. The molecular weight excluding hydrogens is 361 g/mol. The van der Waals surface area contributed by atoms with E-state index in [1.165, 1.54) is 24.3 Å². The summed E-state index contributed by atoms with van der Waals surface area (Å²) in [6.07, 6.45) is 0. The third-order valence-electron chi connectivity index (χ3n) is 4.75. The van der Waals surface area contributed by atoms with Crippen molar-refractivity contribution in [1.82, 2.24) is 9.80 Å². The Hall–Kier alpha value is -2.77. The molecule has 2 aromatic rings. The predicted molar refractivity (Wildman–Crippen MR) is 104 cm³/mol. The van der Waals surface area contributed by atoms with Gasteiger partial charge in [-0.2, -0.15) is 0 Å². The Morgan fingerprint density at radius 1 is 1.14 bits per heavy atom. The SMILES string of the molecule is COCCN1CCN([C@@H](C(=O)Nc2ccc(F)cc2)c2ccccc2)CC1=O. The van der Waals surface area contributed by atoms with Gasteiger partial charge in [-0.1, -0.05) is 30.3 Å². The van der Waals surface area contributed by atoms with Gasteiger partial charge in [-0.15, -0.1) is 0 Å². The molecule has 1 saturated heterocycles. The monoisotopic (exact) mass is 385 g/mol. The van der Waals surface area contributed by atoms with Crippen molar-refractivity contribution >= 4 is 17.5 Å². The van der Waals surface area contributed by atoms with Gasteiger partial charge in [0.15, 0.2) is 0 Å². The Labute approximate surface area is 163 Å². The number of carbonyl (C=O) groups is 2. The molecule has 28 heavy (non-hydrogen) atoms. The molecule has 6 nitrogen and oxygen atoms in total. The zero-order valence-electron chi connectivity index (χ0n) is 15.8. The molecule has 0 aliphatic carbocycles. The summed E-state index contributed by atoms with van der Waals surface area (Å²) >= 11 is 0. The van der Waals surface area contributed by atoms with Crippen LogP contribution in [0.2, 0.25) is 0 Å². The van der Waals surface area contributed by atoms with Crippen molar-refractivity contribution in [2.24, 2.45) is 0 Å². The van der Waals surface area contributed by atoms with Crippen LogP contribution in [0, 0.1) is 5.82 Å². The molecule has 1 aliphatic heterocycles. The van der Waals surface area contributed by atoms with E-state index in [9.17, 15) is 14.0 Å². The van der Waals surface area contributed by atoms with Gasteiger partial charge in [-0.25, -0.2) is 4.39 Å². The predicted octanol–water partition coefficient (Wildman–Crippen LogP) is 2.30. The molecule has 148 valence electrons. The Morgan fingerprint density at radius 3 is 2.50 bits per heavy atom. The lowest BCUT2D eigenvalue weighted by Gasteiger charge is -2.38. The molecule has 1 fully saturated rings. The number of hydrogen-bond acceptors (Lipinski definition) is 4. The largest absolute Gasteiger partial charge is 0.383 e. The zero-order chi connectivity index (χ0) is 19.9. The Morgan fingerprint density at radius 2 is 1.86 bits per heavy atom. The van der Waals surface area contributed by atoms with Crippen LogP contribution >= 0.6 is 0 Å². The molecular formula is C21H24FN3O3. The highest BCUT2D eigenvalue weighted by atomic mass is 19.1. The van der Waals surface area contributed by atoms with Crippen LogP contribution in [0.4, 0.5) is 10.1 Å². The van der Waals surface area contributed by atoms with Gasteiger partial charge in [0.2, 0.25) is 11.8 Å². The second-order valence-electron chi connectivity index (χ2n) is 6.65. The summed E-state index contributed by atoms with van der Waals surface area (Å²) in [6.45, 7) is 2.29. The van der Waals surface area contributed by atoms with Crippen LogP contribution in [0.3, 0.4) is 0 Å². The number of benzene rings is 2. The van der Waals surface area contributed by atoms with E-state index in [-0.39, 0.29) is 24.2 Å². The number of piperazine rings is 1. The van der Waals surface area contributed by atoms with Gasteiger partial charge in [0.1, 0.15) is 11.9 Å². The first-order chi connectivity index (χ1) is 13.6. The molecule has 1 N–H and O–H groups in total. The number of carbonyl (C=O) groups excluding carboxylic acids is 2. The number of rotatable bonds is 7. The number of anilines is 1. The van der Waals surface area contributed by atoms with Crippen LogP contribution in [0.1, 0.15) is 11.6 Å². The summed E-state index contributed by atoms with van der Waals surface area (Å²) < 4.78 is 18.2. The van der Waals surface area contributed by atoms with E-state index in [1.54, 1.807) is 12.0 Å². The molecule has 0 saturated carbocycles. The van der Waals surface area contributed by atoms with Gasteiger partial charge < -0.3 is 15.0 Å². The lowest BCUT2D eigenvalue weighted by molar-refractivity contribution is -0.139. The van der Waals surface area contributed by atoms with Gasteiger partial charge in [-0.3, -0.25) is 14.5 Å². The van der Waals surface area contributed by atoms with Gasteiger partial charge in [0.05, 0.1) is 13.2 Å². The van der Waals surface area contributed by atoms with Crippen LogP contribution in [-0.4, -0.2) is 61.5 Å². The summed E-state index contributed by atoms with van der Waals surface area (Å²) in [7, 11) is 1.60. The molecule has 1 atom stereocenters. The van der Waals surface area contributed by atoms with E-state index in [0.29, 0.717) is 31.9 Å². The Balaban J connectivity index is 1.77. The Kier molecular flexibility index (Phi) is 6.73. The fourth-order valence-corrected chi connectivity index (χ4v) is 3.29. The molecule has 0 spiro atoms. The number of ether oxygens (including phenoxy) is 1. The van der Waals surface area contributed by atoms with Gasteiger partial charge in [0.25, 0.3) is 0 Å². The molecule has 0 bridgehead atoms. The minimum atomic E-state index is -0.611. The maximum atomic E-state index is 13.1. The third-order valence-corrected chi connectivity index (χ3v) is 4.75. The molecule has 2 aromatic carbocycles. The Bertz CT molecular complexity index is 798. The first-order valence-electron chi connectivity index (χ1n) is 9.20. The lowest BCUT2D eigenvalue weighted by atomic mass is 10.0. The molecule has 0 radical (unpaired) electrons. The summed E-state index contributed by atoms with van der Waals surface area (Å²) in [5.74, 6) is -0.648. The van der Waals surface area contributed by atoms with Crippen molar-refractivity contribution in [3.63, 3.8) is 0 Å². The number of methoxy groups -OCH3 is 1. The van der Waals surface area contributed by atoms with Crippen LogP contribution in [-0.2, 0) is 14.3 Å². The highest BCUT2D eigenvalue weighted by Crippen LogP contribution is 2.24.